The summed E-state index contributed by atoms with van der Waals surface area (Å²) in [6, 6.07) is 0.373. The van der Waals surface area contributed by atoms with Gasteiger partial charge < -0.3 is 10.2 Å². The van der Waals surface area contributed by atoms with E-state index in [0.717, 1.165) is 31.8 Å². The van der Waals surface area contributed by atoms with Crippen LogP contribution in [0.1, 0.15) is 19.8 Å². The maximum atomic E-state index is 12.1. The van der Waals surface area contributed by atoms with Gasteiger partial charge in [0.1, 0.15) is 0 Å². The minimum atomic E-state index is 0.260. The van der Waals surface area contributed by atoms with E-state index in [1.54, 1.807) is 0 Å². The monoisotopic (exact) mass is 214 g/mol. The average Bonchev–Trinajstić information content (AvgIpc) is 2.70. The zero-order valence-corrected chi connectivity index (χ0v) is 9.48. The lowest BCUT2D eigenvalue weighted by atomic mass is 10.1. The highest BCUT2D eigenvalue weighted by atomic mass is 32.2. The first-order chi connectivity index (χ1) is 6.79. The number of carbonyl (C=O) groups is 1. The Hall–Kier alpha value is -0.220. The summed E-state index contributed by atoms with van der Waals surface area (Å²) in [5.74, 6) is 1.54. The molecule has 2 aliphatic heterocycles. The molecule has 2 heterocycles. The number of carbonyl (C=O) groups excluding carboxylic acids is 1. The molecule has 0 aliphatic carbocycles. The van der Waals surface area contributed by atoms with E-state index in [2.05, 4.69) is 17.1 Å². The molecule has 0 saturated carbocycles. The van der Waals surface area contributed by atoms with Crippen LogP contribution in [0.15, 0.2) is 0 Å². The second kappa shape index (κ2) is 4.53. The molecule has 0 spiro atoms. The molecule has 2 atom stereocenters. The SMILES string of the molecule is C[C@H]1CNCCN1C(=O)C1CCCS1. The van der Waals surface area contributed by atoms with Crippen molar-refractivity contribution in [3.63, 3.8) is 0 Å². The Bertz CT molecular complexity index is 216. The maximum absolute atomic E-state index is 12.1. The molecule has 2 rings (SSSR count). The van der Waals surface area contributed by atoms with Crippen molar-refractivity contribution in [3.05, 3.63) is 0 Å². The summed E-state index contributed by atoms with van der Waals surface area (Å²) in [7, 11) is 0. The van der Waals surface area contributed by atoms with Crippen molar-refractivity contribution < 1.29 is 4.79 Å². The molecule has 1 N–H and O–H groups in total. The third kappa shape index (κ3) is 2.06. The number of hydrogen-bond donors (Lipinski definition) is 1. The summed E-state index contributed by atoms with van der Waals surface area (Å²) >= 11 is 1.83. The van der Waals surface area contributed by atoms with E-state index in [1.807, 2.05) is 11.8 Å². The summed E-state index contributed by atoms with van der Waals surface area (Å²) < 4.78 is 0. The molecule has 0 aromatic rings. The number of thioether (sulfide) groups is 1. The predicted octanol–water partition coefficient (Wildman–Crippen LogP) is 0.702. The van der Waals surface area contributed by atoms with Crippen LogP contribution in [-0.4, -0.2) is 47.5 Å². The van der Waals surface area contributed by atoms with Gasteiger partial charge in [-0.2, -0.15) is 0 Å². The molecule has 2 aliphatic rings. The lowest BCUT2D eigenvalue weighted by Gasteiger charge is -2.35. The smallest absolute Gasteiger partial charge is 0.236 e. The Morgan fingerprint density at radius 2 is 2.43 bits per heavy atom. The third-order valence-corrected chi connectivity index (χ3v) is 4.35. The summed E-state index contributed by atoms with van der Waals surface area (Å²) in [5, 5.41) is 3.57. The Morgan fingerprint density at radius 1 is 1.57 bits per heavy atom. The lowest BCUT2D eigenvalue weighted by molar-refractivity contribution is -0.133. The second-order valence-electron chi connectivity index (χ2n) is 4.09. The fraction of sp³-hybridized carbons (Fsp3) is 0.900. The first-order valence-corrected chi connectivity index (χ1v) is 6.46. The third-order valence-electron chi connectivity index (χ3n) is 2.99. The number of rotatable bonds is 1. The number of hydrogen-bond acceptors (Lipinski definition) is 3. The van der Waals surface area contributed by atoms with E-state index < -0.39 is 0 Å². The molecule has 3 nitrogen and oxygen atoms in total. The Morgan fingerprint density at radius 3 is 3.07 bits per heavy atom. The molecular weight excluding hydrogens is 196 g/mol. The largest absolute Gasteiger partial charge is 0.336 e. The van der Waals surface area contributed by atoms with Gasteiger partial charge in [-0.3, -0.25) is 4.79 Å². The Kier molecular flexibility index (Phi) is 3.34. The van der Waals surface area contributed by atoms with Crippen molar-refractivity contribution in [2.45, 2.75) is 31.1 Å². The summed E-state index contributed by atoms with van der Waals surface area (Å²) in [6.07, 6.45) is 2.29. The summed E-state index contributed by atoms with van der Waals surface area (Å²) in [6.45, 7) is 4.91. The minimum absolute atomic E-state index is 0.260. The average molecular weight is 214 g/mol. The van der Waals surface area contributed by atoms with E-state index in [4.69, 9.17) is 0 Å². The summed E-state index contributed by atoms with van der Waals surface area (Å²) in [5.41, 5.74) is 0. The van der Waals surface area contributed by atoms with E-state index in [9.17, 15) is 4.79 Å². The van der Waals surface area contributed by atoms with Crippen molar-refractivity contribution in [2.75, 3.05) is 25.4 Å². The zero-order valence-electron chi connectivity index (χ0n) is 8.66. The van der Waals surface area contributed by atoms with Crippen molar-refractivity contribution >= 4 is 17.7 Å². The first-order valence-electron chi connectivity index (χ1n) is 5.42. The molecule has 2 saturated heterocycles. The van der Waals surface area contributed by atoms with Crippen molar-refractivity contribution in [1.82, 2.24) is 10.2 Å². The van der Waals surface area contributed by atoms with Gasteiger partial charge in [-0.05, 0) is 25.5 Å². The van der Waals surface area contributed by atoms with Crippen LogP contribution in [0.2, 0.25) is 0 Å². The van der Waals surface area contributed by atoms with Crippen LogP contribution in [0.3, 0.4) is 0 Å². The van der Waals surface area contributed by atoms with Crippen LogP contribution >= 0.6 is 11.8 Å². The molecule has 0 aromatic carbocycles. The minimum Gasteiger partial charge on any atom is -0.336 e. The fourth-order valence-electron chi connectivity index (χ4n) is 2.13. The molecule has 1 amide bonds. The van der Waals surface area contributed by atoms with Gasteiger partial charge in [0, 0.05) is 25.7 Å². The highest BCUT2D eigenvalue weighted by Crippen LogP contribution is 2.28. The van der Waals surface area contributed by atoms with Crippen LogP contribution in [0.5, 0.6) is 0 Å². The van der Waals surface area contributed by atoms with Gasteiger partial charge in [-0.1, -0.05) is 0 Å². The van der Waals surface area contributed by atoms with Crippen LogP contribution < -0.4 is 5.32 Å². The Labute approximate surface area is 89.6 Å². The molecule has 0 radical (unpaired) electrons. The van der Waals surface area contributed by atoms with Gasteiger partial charge in [-0.15, -0.1) is 11.8 Å². The molecular formula is C10H18N2OS. The molecule has 0 bridgehead atoms. The van der Waals surface area contributed by atoms with E-state index in [0.29, 0.717) is 11.9 Å². The predicted molar refractivity (Wildman–Crippen MR) is 59.5 cm³/mol. The van der Waals surface area contributed by atoms with E-state index in [1.165, 1.54) is 6.42 Å². The van der Waals surface area contributed by atoms with E-state index >= 15 is 0 Å². The van der Waals surface area contributed by atoms with Crippen LogP contribution in [0.25, 0.3) is 0 Å². The van der Waals surface area contributed by atoms with E-state index in [-0.39, 0.29) is 5.25 Å². The highest BCUT2D eigenvalue weighted by molar-refractivity contribution is 8.00. The zero-order chi connectivity index (χ0) is 9.97. The van der Waals surface area contributed by atoms with Gasteiger partial charge in [0.05, 0.1) is 5.25 Å². The van der Waals surface area contributed by atoms with Crippen LogP contribution in [0.4, 0.5) is 0 Å². The standard InChI is InChI=1S/C10H18N2OS/c1-8-7-11-4-5-12(8)10(13)9-3-2-6-14-9/h8-9,11H,2-7H2,1H3/t8-,9?/m0/s1. The Balaban J connectivity index is 1.94. The van der Waals surface area contributed by atoms with Crippen LogP contribution in [-0.2, 0) is 4.79 Å². The van der Waals surface area contributed by atoms with Gasteiger partial charge >= 0.3 is 0 Å². The van der Waals surface area contributed by atoms with Crippen LogP contribution in [0, 0.1) is 0 Å². The molecule has 4 heteroatoms. The second-order valence-corrected chi connectivity index (χ2v) is 5.40. The quantitative estimate of drug-likeness (QED) is 0.697. The van der Waals surface area contributed by atoms with Gasteiger partial charge in [0.2, 0.25) is 5.91 Å². The van der Waals surface area contributed by atoms with Crippen molar-refractivity contribution in [1.29, 1.82) is 0 Å². The van der Waals surface area contributed by atoms with Gasteiger partial charge in [0.25, 0.3) is 0 Å². The van der Waals surface area contributed by atoms with Crippen molar-refractivity contribution in [3.8, 4) is 0 Å². The number of nitrogens with one attached hydrogen (secondary N) is 1. The first kappa shape index (κ1) is 10.3. The van der Waals surface area contributed by atoms with Gasteiger partial charge in [-0.25, -0.2) is 0 Å². The maximum Gasteiger partial charge on any atom is 0.236 e. The molecule has 2 fully saturated rings. The molecule has 0 aromatic heterocycles. The molecule has 80 valence electrons. The number of amides is 1. The fourth-order valence-corrected chi connectivity index (χ4v) is 3.35. The topological polar surface area (TPSA) is 32.3 Å². The number of nitrogens with zero attached hydrogens (tertiary/aromatic N) is 1. The van der Waals surface area contributed by atoms with Crippen molar-refractivity contribution in [2.24, 2.45) is 0 Å². The summed E-state index contributed by atoms with van der Waals surface area (Å²) in [4.78, 5) is 14.1. The van der Waals surface area contributed by atoms with Gasteiger partial charge in [0.15, 0.2) is 0 Å². The molecule has 14 heavy (non-hydrogen) atoms. The normalized spacial score (nSPS) is 33.4. The lowest BCUT2D eigenvalue weighted by Crippen LogP contribution is -2.54. The number of piperazine rings is 1. The highest BCUT2D eigenvalue weighted by Gasteiger charge is 2.31. The molecule has 1 unspecified atom stereocenters.